The molecule has 0 unspecified atom stereocenters. The minimum absolute atomic E-state index is 0.261. The lowest BCUT2D eigenvalue weighted by molar-refractivity contribution is 0.0382. The Morgan fingerprint density at radius 3 is 2.10 bits per heavy atom. The molecule has 0 spiro atoms. The third kappa shape index (κ3) is 4.32. The lowest BCUT2D eigenvalue weighted by atomic mass is 9.85. The second-order valence-corrected chi connectivity index (χ2v) is 6.88. The normalized spacial score (nSPS) is 19.9. The van der Waals surface area contributed by atoms with Crippen LogP contribution in [0.2, 0.25) is 0 Å². The summed E-state index contributed by atoms with van der Waals surface area (Å²) in [5.74, 6) is 0. The van der Waals surface area contributed by atoms with E-state index in [1.807, 2.05) is 6.92 Å². The van der Waals surface area contributed by atoms with Crippen molar-refractivity contribution in [2.75, 3.05) is 19.8 Å². The molecule has 1 fully saturated rings. The first-order chi connectivity index (χ1) is 9.52. The maximum Gasteiger partial charge on any atom is 0.363 e. The summed E-state index contributed by atoms with van der Waals surface area (Å²) in [5.41, 5.74) is -1.15. The Morgan fingerprint density at radius 1 is 1.10 bits per heavy atom. The largest absolute Gasteiger partial charge is 0.501 e. The number of ether oxygens (including phenoxy) is 1. The molecular weight excluding hydrogens is 279 g/mol. The third-order valence-electron chi connectivity index (χ3n) is 3.41. The molecule has 118 valence electrons. The number of aliphatic hydroxyl groups is 1. The molecule has 1 N–H and O–H groups in total. The summed E-state index contributed by atoms with van der Waals surface area (Å²) in [6.07, 6.45) is 5.40. The molecule has 0 saturated heterocycles. The summed E-state index contributed by atoms with van der Waals surface area (Å²) in [7, 11) is -3.51. The van der Waals surface area contributed by atoms with Crippen LogP contribution in [0.25, 0.3) is 0 Å². The van der Waals surface area contributed by atoms with E-state index in [1.165, 1.54) is 6.26 Å². The third-order valence-corrected chi connectivity index (χ3v) is 5.72. The molecule has 6 heteroatoms. The van der Waals surface area contributed by atoms with Gasteiger partial charge in [0.1, 0.15) is 10.9 Å². The van der Waals surface area contributed by atoms with Crippen molar-refractivity contribution in [2.45, 2.75) is 58.5 Å². The first kappa shape index (κ1) is 17.7. The molecular formula is C14H27O5P. The van der Waals surface area contributed by atoms with Crippen molar-refractivity contribution in [3.8, 4) is 0 Å². The van der Waals surface area contributed by atoms with Gasteiger partial charge >= 0.3 is 7.60 Å². The first-order valence-electron chi connectivity index (χ1n) is 7.46. The highest BCUT2D eigenvalue weighted by atomic mass is 31.2. The predicted molar refractivity (Wildman–Crippen MR) is 78.6 cm³/mol. The van der Waals surface area contributed by atoms with E-state index in [0.717, 1.165) is 19.3 Å². The van der Waals surface area contributed by atoms with Gasteiger partial charge in [-0.15, -0.1) is 0 Å². The Bertz CT molecular complexity index is 351. The van der Waals surface area contributed by atoms with E-state index in [9.17, 15) is 9.67 Å². The van der Waals surface area contributed by atoms with Crippen molar-refractivity contribution in [1.29, 1.82) is 0 Å². The first-order valence-corrected chi connectivity index (χ1v) is 9.01. The van der Waals surface area contributed by atoms with E-state index >= 15 is 0 Å². The minimum Gasteiger partial charge on any atom is -0.501 e. The van der Waals surface area contributed by atoms with Crippen molar-refractivity contribution < 1.29 is 23.5 Å². The Morgan fingerprint density at radius 2 is 1.65 bits per heavy atom. The Kier molecular flexibility index (Phi) is 7.24. The molecule has 0 aliphatic heterocycles. The van der Waals surface area contributed by atoms with Crippen LogP contribution in [0, 0.1) is 0 Å². The second-order valence-electron chi connectivity index (χ2n) is 4.88. The molecule has 20 heavy (non-hydrogen) atoms. The summed E-state index contributed by atoms with van der Waals surface area (Å²) in [5, 5.41) is 11.1. The summed E-state index contributed by atoms with van der Waals surface area (Å²) < 4.78 is 29.0. The molecule has 5 nitrogen and oxygen atoms in total. The minimum atomic E-state index is -3.51. The average Bonchev–Trinajstić information content (AvgIpc) is 2.40. The van der Waals surface area contributed by atoms with Crippen LogP contribution in [0.5, 0.6) is 0 Å². The van der Waals surface area contributed by atoms with E-state index in [0.29, 0.717) is 19.4 Å². The van der Waals surface area contributed by atoms with E-state index in [1.54, 1.807) is 13.8 Å². The van der Waals surface area contributed by atoms with Crippen LogP contribution in [0.15, 0.2) is 11.6 Å². The fourth-order valence-electron chi connectivity index (χ4n) is 2.50. The maximum absolute atomic E-state index is 13.0. The summed E-state index contributed by atoms with van der Waals surface area (Å²) in [6.45, 7) is 6.32. The molecule has 0 heterocycles. The number of hydrogen-bond acceptors (Lipinski definition) is 5. The van der Waals surface area contributed by atoms with E-state index in [4.69, 9.17) is 13.8 Å². The molecule has 0 bridgehead atoms. The zero-order valence-electron chi connectivity index (χ0n) is 12.8. The van der Waals surface area contributed by atoms with Gasteiger partial charge in [0.2, 0.25) is 0 Å². The summed E-state index contributed by atoms with van der Waals surface area (Å²) >= 11 is 0. The summed E-state index contributed by atoms with van der Waals surface area (Å²) in [4.78, 5) is 0. The molecule has 0 aromatic carbocycles. The van der Waals surface area contributed by atoms with Crippen LogP contribution in [0.1, 0.15) is 52.9 Å². The van der Waals surface area contributed by atoms with Crippen molar-refractivity contribution in [3.63, 3.8) is 0 Å². The van der Waals surface area contributed by atoms with Gasteiger partial charge in [0.15, 0.2) is 0 Å². The highest BCUT2D eigenvalue weighted by Crippen LogP contribution is 2.61. The quantitative estimate of drug-likeness (QED) is 0.545. The standard InChI is InChI=1S/C14H27O5P/c1-4-17-12-13(14(15)10-8-7-9-11-14)20(16,18-5-2)19-6-3/h12,15H,4-11H2,1-3H3/b13-12+. The van der Waals surface area contributed by atoms with Crippen LogP contribution in [0.3, 0.4) is 0 Å². The monoisotopic (exact) mass is 306 g/mol. The van der Waals surface area contributed by atoms with Crippen LogP contribution < -0.4 is 0 Å². The molecule has 0 amide bonds. The predicted octanol–water partition coefficient (Wildman–Crippen LogP) is 3.83. The van der Waals surface area contributed by atoms with Gasteiger partial charge in [-0.05, 0) is 33.6 Å². The smallest absolute Gasteiger partial charge is 0.363 e. The highest BCUT2D eigenvalue weighted by Gasteiger charge is 2.45. The van der Waals surface area contributed by atoms with Crippen LogP contribution >= 0.6 is 7.60 Å². The van der Waals surface area contributed by atoms with Gasteiger partial charge in [-0.25, -0.2) is 0 Å². The van der Waals surface area contributed by atoms with Gasteiger partial charge in [0.05, 0.1) is 26.1 Å². The van der Waals surface area contributed by atoms with Crippen LogP contribution in [0.4, 0.5) is 0 Å². The Hall–Kier alpha value is -0.350. The van der Waals surface area contributed by atoms with Crippen LogP contribution in [-0.2, 0) is 18.3 Å². The molecule has 1 rings (SSSR count). The van der Waals surface area contributed by atoms with E-state index < -0.39 is 13.2 Å². The lowest BCUT2D eigenvalue weighted by Gasteiger charge is -2.36. The molecule has 0 aromatic rings. The van der Waals surface area contributed by atoms with E-state index in [-0.39, 0.29) is 18.5 Å². The van der Waals surface area contributed by atoms with Gasteiger partial charge in [0.25, 0.3) is 0 Å². The van der Waals surface area contributed by atoms with Gasteiger partial charge in [-0.3, -0.25) is 4.57 Å². The Labute approximate surface area is 121 Å². The number of hydrogen-bond donors (Lipinski definition) is 1. The Balaban J connectivity index is 3.12. The SMILES string of the molecule is CCO/C=C(\C1(O)CCCCC1)P(=O)(OCC)OCC. The van der Waals surface area contributed by atoms with Crippen molar-refractivity contribution in [1.82, 2.24) is 0 Å². The zero-order valence-corrected chi connectivity index (χ0v) is 13.7. The topological polar surface area (TPSA) is 65.0 Å². The fraction of sp³-hybridized carbons (Fsp3) is 0.857. The average molecular weight is 306 g/mol. The fourth-order valence-corrected chi connectivity index (χ4v) is 4.47. The molecule has 0 aromatic heterocycles. The molecule has 1 aliphatic rings. The van der Waals surface area contributed by atoms with Crippen molar-refractivity contribution in [3.05, 3.63) is 11.6 Å². The second kappa shape index (κ2) is 8.18. The molecule has 1 saturated carbocycles. The molecule has 1 aliphatic carbocycles. The van der Waals surface area contributed by atoms with Crippen LogP contribution in [-0.4, -0.2) is 30.5 Å². The van der Waals surface area contributed by atoms with Crippen molar-refractivity contribution >= 4 is 7.60 Å². The van der Waals surface area contributed by atoms with Gasteiger partial charge in [-0.1, -0.05) is 19.3 Å². The molecule has 0 radical (unpaired) electrons. The number of rotatable bonds is 8. The van der Waals surface area contributed by atoms with Gasteiger partial charge in [-0.2, -0.15) is 0 Å². The van der Waals surface area contributed by atoms with Crippen molar-refractivity contribution in [2.24, 2.45) is 0 Å². The highest BCUT2D eigenvalue weighted by molar-refractivity contribution is 7.58. The molecule has 0 atom stereocenters. The lowest BCUT2D eigenvalue weighted by Crippen LogP contribution is -2.34. The van der Waals surface area contributed by atoms with E-state index in [2.05, 4.69) is 0 Å². The summed E-state index contributed by atoms with van der Waals surface area (Å²) in [6, 6.07) is 0. The zero-order chi connectivity index (χ0) is 15.1. The van der Waals surface area contributed by atoms with Gasteiger partial charge < -0.3 is 18.9 Å². The van der Waals surface area contributed by atoms with Gasteiger partial charge in [0, 0.05) is 0 Å². The maximum atomic E-state index is 13.0.